The van der Waals surface area contributed by atoms with Gasteiger partial charge in [-0.1, -0.05) is 40.8 Å². The van der Waals surface area contributed by atoms with E-state index in [4.69, 9.17) is 11.2 Å². The van der Waals surface area contributed by atoms with Gasteiger partial charge in [-0.3, -0.25) is 4.79 Å². The molecule has 0 aliphatic heterocycles. The van der Waals surface area contributed by atoms with Gasteiger partial charge in [0, 0.05) is 28.1 Å². The minimum Gasteiger partial charge on any atom is -0.496 e. The molecule has 38 heavy (non-hydrogen) atoms. The third kappa shape index (κ3) is 3.98. The maximum atomic E-state index is 14.0. The Balaban J connectivity index is 1.69. The number of nitrogens with zero attached hydrogens (tertiary/aromatic N) is 1. The van der Waals surface area contributed by atoms with Crippen molar-refractivity contribution in [3.63, 3.8) is 0 Å². The van der Waals surface area contributed by atoms with Crippen LogP contribution in [0.3, 0.4) is 0 Å². The Morgan fingerprint density at radius 3 is 2.58 bits per heavy atom. The van der Waals surface area contributed by atoms with Crippen molar-refractivity contribution < 1.29 is 21.2 Å². The zero-order chi connectivity index (χ0) is 26.6. The van der Waals surface area contributed by atoms with Crippen LogP contribution in [0.2, 0.25) is 0 Å². The number of pyridine rings is 1. The molecule has 1 saturated carbocycles. The molecule has 2 aromatic heterocycles. The number of hydrogen-bond acceptors (Lipinski definition) is 5. The lowest BCUT2D eigenvalue weighted by Gasteiger charge is -2.21. The summed E-state index contributed by atoms with van der Waals surface area (Å²) in [6, 6.07) is 15.4. The topological polar surface area (TPSA) is 90.4 Å². The molecule has 0 spiro atoms. The smallest absolute Gasteiger partial charge is 0.488 e. The molecule has 0 amide bonds. The molecule has 2 heterocycles. The molecule has 5 aromatic rings. The summed E-state index contributed by atoms with van der Waals surface area (Å²) in [7, 11) is -3.69. The van der Waals surface area contributed by atoms with Gasteiger partial charge in [0.1, 0.15) is 17.1 Å². The van der Waals surface area contributed by atoms with Crippen molar-refractivity contribution in [2.45, 2.75) is 31.7 Å². The molecule has 3 aromatic carbocycles. The van der Waals surface area contributed by atoms with Crippen LogP contribution in [0.25, 0.3) is 44.0 Å². The predicted octanol–water partition coefficient (Wildman–Crippen LogP) is 6.00. The zero-order valence-electron chi connectivity index (χ0n) is 20.5. The number of terminal acetylenes is 1. The van der Waals surface area contributed by atoms with Gasteiger partial charge in [-0.25, -0.2) is 0 Å². The molecular formula is C29H23FN2O5S. The molecule has 1 N–H and O–H groups in total. The maximum absolute atomic E-state index is 14.0. The number of nitrogens with one attached hydrogen (secondary N) is 1. The number of methoxy groups -OCH3 is 1. The van der Waals surface area contributed by atoms with Crippen molar-refractivity contribution >= 4 is 43.3 Å². The fourth-order valence-corrected chi connectivity index (χ4v) is 5.99. The van der Waals surface area contributed by atoms with Gasteiger partial charge >= 0.3 is 10.5 Å². The highest BCUT2D eigenvalue weighted by atomic mass is 32.3. The quantitative estimate of drug-likeness (QED) is 0.222. The Morgan fingerprint density at radius 2 is 1.87 bits per heavy atom. The van der Waals surface area contributed by atoms with Crippen LogP contribution in [-0.2, 0) is 10.5 Å². The van der Waals surface area contributed by atoms with Gasteiger partial charge in [0.05, 0.1) is 23.4 Å². The van der Waals surface area contributed by atoms with E-state index in [1.807, 2.05) is 24.3 Å². The second-order valence-electron chi connectivity index (χ2n) is 9.46. The van der Waals surface area contributed by atoms with E-state index in [2.05, 4.69) is 19.7 Å². The maximum Gasteiger partial charge on any atom is 0.488 e. The number of aromatic nitrogens is 2. The summed E-state index contributed by atoms with van der Waals surface area (Å²) in [4.78, 5) is 17.4. The van der Waals surface area contributed by atoms with Gasteiger partial charge in [-0.05, 0) is 54.8 Å². The van der Waals surface area contributed by atoms with Crippen molar-refractivity contribution in [3.05, 3.63) is 70.4 Å². The number of H-pyrrole nitrogens is 1. The van der Waals surface area contributed by atoms with Crippen LogP contribution < -0.4 is 14.3 Å². The average Bonchev–Trinajstić information content (AvgIpc) is 3.55. The lowest BCUT2D eigenvalue weighted by molar-refractivity contribution is 0.417. The molecule has 0 radical (unpaired) electrons. The third-order valence-electron chi connectivity index (χ3n) is 7.27. The van der Waals surface area contributed by atoms with Crippen LogP contribution >= 0.6 is 0 Å². The molecule has 0 unspecified atom stereocenters. The lowest BCUT2D eigenvalue weighted by Crippen LogP contribution is -2.14. The first-order valence-electron chi connectivity index (χ1n) is 12.2. The Bertz CT molecular complexity index is 1960. The van der Waals surface area contributed by atoms with Gasteiger partial charge in [0.15, 0.2) is 5.43 Å². The van der Waals surface area contributed by atoms with Crippen LogP contribution in [0.15, 0.2) is 59.4 Å². The second kappa shape index (κ2) is 8.92. The largest absolute Gasteiger partial charge is 0.496 e. The molecule has 0 atom stereocenters. The Kier molecular flexibility index (Phi) is 5.65. The van der Waals surface area contributed by atoms with Crippen molar-refractivity contribution in [1.29, 1.82) is 0 Å². The van der Waals surface area contributed by atoms with Gasteiger partial charge in [-0.15, -0.1) is 6.42 Å². The molecule has 7 nitrogen and oxygen atoms in total. The van der Waals surface area contributed by atoms with Crippen molar-refractivity contribution in [2.24, 2.45) is 0 Å². The molecule has 1 fully saturated rings. The molecule has 192 valence electrons. The first-order chi connectivity index (χ1) is 18.3. The van der Waals surface area contributed by atoms with Crippen LogP contribution in [0.5, 0.6) is 11.5 Å². The number of halogens is 1. The minimum absolute atomic E-state index is 0.130. The van der Waals surface area contributed by atoms with Gasteiger partial charge in [0.2, 0.25) is 0 Å². The summed E-state index contributed by atoms with van der Waals surface area (Å²) < 4.78 is 47.6. The van der Waals surface area contributed by atoms with Crippen LogP contribution in [0, 0.1) is 12.3 Å². The van der Waals surface area contributed by atoms with E-state index in [9.17, 15) is 17.1 Å². The number of fused-ring (bicyclic) bond motifs is 4. The van der Waals surface area contributed by atoms with Gasteiger partial charge < -0.3 is 18.5 Å². The molecule has 6 rings (SSSR count). The Morgan fingerprint density at radius 1 is 1.08 bits per heavy atom. The highest BCUT2D eigenvalue weighted by Crippen LogP contribution is 2.40. The van der Waals surface area contributed by atoms with E-state index in [1.165, 1.54) is 19.2 Å². The summed E-state index contributed by atoms with van der Waals surface area (Å²) in [6.07, 6.45) is 9.72. The first kappa shape index (κ1) is 24.1. The molecule has 1 aliphatic carbocycles. The molecule has 9 heteroatoms. The predicted molar refractivity (Wildman–Crippen MR) is 146 cm³/mol. The molecular weight excluding hydrogens is 507 g/mol. The number of ether oxygens (including phenoxy) is 1. The van der Waals surface area contributed by atoms with Gasteiger partial charge in [0.25, 0.3) is 0 Å². The molecule has 0 bridgehead atoms. The van der Waals surface area contributed by atoms with E-state index in [0.29, 0.717) is 27.6 Å². The SMILES string of the molecule is C#Cc1ccc2c(c1)[nH]c1c2c(=O)c2cc(OC)c(-c3cccc(OS(=O)(=O)F)c3)cc2n1C1CCCC1. The highest BCUT2D eigenvalue weighted by molar-refractivity contribution is 7.81. The first-order valence-corrected chi connectivity index (χ1v) is 13.5. The lowest BCUT2D eigenvalue weighted by atomic mass is 10.00. The second-order valence-corrected chi connectivity index (χ2v) is 10.4. The fourth-order valence-electron chi connectivity index (χ4n) is 5.65. The summed E-state index contributed by atoms with van der Waals surface area (Å²) >= 11 is 0. The standard InChI is InChI=1S/C29H23FN2O5S/c1-3-17-11-12-21-24(13-17)31-29-27(21)28(33)23-16-26(36-2)22(15-25(23)32(29)19-8-4-5-9-19)18-7-6-10-20(14-18)37-38(30,34)35/h1,6-7,10-16,19,31H,4-5,8-9H2,2H3. The van der Waals surface area contributed by atoms with Crippen LogP contribution in [0.1, 0.15) is 37.3 Å². The number of benzene rings is 3. The zero-order valence-corrected chi connectivity index (χ0v) is 21.3. The van der Waals surface area contributed by atoms with Crippen LogP contribution in [-0.4, -0.2) is 25.1 Å². The summed E-state index contributed by atoms with van der Waals surface area (Å²) in [5, 5.41) is 1.91. The van der Waals surface area contributed by atoms with E-state index in [-0.39, 0.29) is 17.2 Å². The van der Waals surface area contributed by atoms with E-state index in [1.54, 1.807) is 18.2 Å². The fraction of sp³-hybridized carbons (Fsp3) is 0.207. The minimum atomic E-state index is -5.19. The monoisotopic (exact) mass is 530 g/mol. The number of aromatic amines is 1. The summed E-state index contributed by atoms with van der Waals surface area (Å²) in [5.74, 6) is 2.89. The molecule has 0 saturated heterocycles. The van der Waals surface area contributed by atoms with Crippen molar-refractivity contribution in [2.75, 3.05) is 7.11 Å². The van der Waals surface area contributed by atoms with Crippen molar-refractivity contribution in [1.82, 2.24) is 9.55 Å². The molecule has 1 aliphatic rings. The van der Waals surface area contributed by atoms with E-state index in [0.717, 1.165) is 53.3 Å². The average molecular weight is 531 g/mol. The van der Waals surface area contributed by atoms with Gasteiger partial charge in [-0.2, -0.15) is 8.42 Å². The van der Waals surface area contributed by atoms with E-state index < -0.39 is 10.5 Å². The Hall–Kier alpha value is -4.29. The van der Waals surface area contributed by atoms with Crippen molar-refractivity contribution in [3.8, 4) is 35.0 Å². The Labute approximate surface area is 218 Å². The number of hydrogen-bond donors (Lipinski definition) is 1. The van der Waals surface area contributed by atoms with Crippen LogP contribution in [0.4, 0.5) is 3.89 Å². The number of rotatable bonds is 5. The third-order valence-corrected chi connectivity index (χ3v) is 7.66. The van der Waals surface area contributed by atoms with E-state index >= 15 is 0 Å². The highest BCUT2D eigenvalue weighted by Gasteiger charge is 2.25. The summed E-state index contributed by atoms with van der Waals surface area (Å²) in [5.41, 5.74) is 3.99. The normalized spacial score (nSPS) is 14.3. The summed E-state index contributed by atoms with van der Waals surface area (Å²) in [6.45, 7) is 0.